The van der Waals surface area contributed by atoms with Gasteiger partial charge in [-0.25, -0.2) is 0 Å². The standard InChI is InChI=1S/C13H17N5O3/c1-7-11(16-17-15-7)14-10(19)6-18-12(20)8-4-2-3-5-9(8)13(18)21/h8-9H,2-6H2,1H3,(H2,14,15,16,17,19). The summed E-state index contributed by atoms with van der Waals surface area (Å²) in [5.41, 5.74) is 0.552. The van der Waals surface area contributed by atoms with E-state index in [-0.39, 0.29) is 30.2 Å². The molecular weight excluding hydrogens is 274 g/mol. The second-order valence-electron chi connectivity index (χ2n) is 5.57. The van der Waals surface area contributed by atoms with Gasteiger partial charge in [-0.1, -0.05) is 12.8 Å². The number of anilines is 1. The number of rotatable bonds is 3. The average molecular weight is 291 g/mol. The van der Waals surface area contributed by atoms with E-state index in [2.05, 4.69) is 20.7 Å². The molecule has 112 valence electrons. The summed E-state index contributed by atoms with van der Waals surface area (Å²) >= 11 is 0. The first-order valence-electron chi connectivity index (χ1n) is 7.10. The summed E-state index contributed by atoms with van der Waals surface area (Å²) in [5.74, 6) is -1.00. The maximum Gasteiger partial charge on any atom is 0.245 e. The molecule has 1 aromatic rings. The monoisotopic (exact) mass is 291 g/mol. The van der Waals surface area contributed by atoms with E-state index >= 15 is 0 Å². The minimum atomic E-state index is -0.438. The largest absolute Gasteiger partial charge is 0.306 e. The van der Waals surface area contributed by atoms with Crippen molar-refractivity contribution < 1.29 is 14.4 Å². The van der Waals surface area contributed by atoms with E-state index < -0.39 is 5.91 Å². The van der Waals surface area contributed by atoms with Crippen LogP contribution < -0.4 is 5.32 Å². The minimum Gasteiger partial charge on any atom is -0.306 e. The molecule has 0 aromatic carbocycles. The Morgan fingerprint density at radius 3 is 2.38 bits per heavy atom. The summed E-state index contributed by atoms with van der Waals surface area (Å²) in [6.45, 7) is 1.44. The van der Waals surface area contributed by atoms with E-state index in [1.54, 1.807) is 6.92 Å². The Balaban J connectivity index is 1.67. The summed E-state index contributed by atoms with van der Waals surface area (Å²) in [6.07, 6.45) is 3.43. The number of aryl methyl sites for hydroxylation is 1. The molecule has 2 fully saturated rings. The summed E-state index contributed by atoms with van der Waals surface area (Å²) in [7, 11) is 0. The molecule has 2 aliphatic rings. The highest BCUT2D eigenvalue weighted by atomic mass is 16.2. The van der Waals surface area contributed by atoms with Crippen LogP contribution in [-0.2, 0) is 14.4 Å². The van der Waals surface area contributed by atoms with Crippen LogP contribution in [0.15, 0.2) is 0 Å². The lowest BCUT2D eigenvalue weighted by atomic mass is 9.81. The van der Waals surface area contributed by atoms with Gasteiger partial charge in [-0.05, 0) is 19.8 Å². The molecule has 2 atom stereocenters. The first-order chi connectivity index (χ1) is 10.1. The van der Waals surface area contributed by atoms with Crippen LogP contribution in [0.4, 0.5) is 5.82 Å². The number of amides is 3. The fourth-order valence-corrected chi connectivity index (χ4v) is 3.10. The first kappa shape index (κ1) is 13.7. The van der Waals surface area contributed by atoms with Crippen LogP contribution in [0.25, 0.3) is 0 Å². The predicted molar refractivity (Wildman–Crippen MR) is 71.9 cm³/mol. The smallest absolute Gasteiger partial charge is 0.245 e. The van der Waals surface area contributed by atoms with Crippen LogP contribution in [-0.4, -0.2) is 44.6 Å². The molecule has 21 heavy (non-hydrogen) atoms. The van der Waals surface area contributed by atoms with Crippen molar-refractivity contribution in [2.75, 3.05) is 11.9 Å². The van der Waals surface area contributed by atoms with Gasteiger partial charge in [0.1, 0.15) is 12.2 Å². The summed E-state index contributed by atoms with van der Waals surface area (Å²) in [5, 5.41) is 12.5. The number of aromatic nitrogens is 3. The van der Waals surface area contributed by atoms with Gasteiger partial charge in [0.2, 0.25) is 17.7 Å². The Labute approximate surface area is 121 Å². The van der Waals surface area contributed by atoms with Crippen molar-refractivity contribution in [3.8, 4) is 0 Å². The lowest BCUT2D eigenvalue weighted by molar-refractivity contribution is -0.142. The summed E-state index contributed by atoms with van der Waals surface area (Å²) in [4.78, 5) is 37.6. The molecule has 1 aliphatic carbocycles. The minimum absolute atomic E-state index is 0.211. The SMILES string of the molecule is Cc1n[nH]nc1NC(=O)CN1C(=O)C2CCCCC2C1=O. The number of carbonyl (C=O) groups excluding carboxylic acids is 3. The zero-order valence-electron chi connectivity index (χ0n) is 11.8. The number of hydrogen-bond acceptors (Lipinski definition) is 5. The number of fused-ring (bicyclic) bond motifs is 1. The van der Waals surface area contributed by atoms with Crippen LogP contribution in [0.2, 0.25) is 0 Å². The van der Waals surface area contributed by atoms with Gasteiger partial charge in [-0.3, -0.25) is 19.3 Å². The van der Waals surface area contributed by atoms with Crippen LogP contribution >= 0.6 is 0 Å². The van der Waals surface area contributed by atoms with Gasteiger partial charge in [0.25, 0.3) is 0 Å². The zero-order chi connectivity index (χ0) is 15.0. The number of carbonyl (C=O) groups is 3. The van der Waals surface area contributed by atoms with Gasteiger partial charge >= 0.3 is 0 Å². The highest BCUT2D eigenvalue weighted by Gasteiger charge is 2.48. The van der Waals surface area contributed by atoms with E-state index in [0.717, 1.165) is 30.6 Å². The molecule has 1 saturated heterocycles. The third kappa shape index (κ3) is 2.41. The zero-order valence-corrected chi connectivity index (χ0v) is 11.8. The number of nitrogens with one attached hydrogen (secondary N) is 2. The van der Waals surface area contributed by atoms with Gasteiger partial charge in [-0.2, -0.15) is 10.3 Å². The molecule has 1 aromatic heterocycles. The van der Waals surface area contributed by atoms with E-state index in [9.17, 15) is 14.4 Å². The number of nitrogens with zero attached hydrogens (tertiary/aromatic N) is 3. The van der Waals surface area contributed by atoms with Gasteiger partial charge in [-0.15, -0.1) is 5.10 Å². The Kier molecular flexibility index (Phi) is 3.44. The van der Waals surface area contributed by atoms with Crippen LogP contribution in [0.1, 0.15) is 31.4 Å². The molecule has 0 radical (unpaired) electrons. The maximum atomic E-state index is 12.2. The summed E-state index contributed by atoms with van der Waals surface area (Å²) < 4.78 is 0. The Hall–Kier alpha value is -2.25. The van der Waals surface area contributed by atoms with Crippen LogP contribution in [0.3, 0.4) is 0 Å². The van der Waals surface area contributed by atoms with E-state index in [1.807, 2.05) is 0 Å². The molecule has 3 amide bonds. The molecule has 8 heteroatoms. The molecule has 1 aliphatic heterocycles. The van der Waals surface area contributed by atoms with Crippen molar-refractivity contribution in [1.82, 2.24) is 20.3 Å². The molecule has 3 rings (SSSR count). The normalized spacial score (nSPS) is 25.1. The molecule has 1 saturated carbocycles. The van der Waals surface area contributed by atoms with Crippen molar-refractivity contribution in [2.24, 2.45) is 11.8 Å². The second kappa shape index (κ2) is 5.27. The Bertz CT molecular complexity index is 572. The van der Waals surface area contributed by atoms with Gasteiger partial charge in [0.15, 0.2) is 5.82 Å². The highest BCUT2D eigenvalue weighted by molar-refractivity contribution is 6.08. The molecule has 0 spiro atoms. The van der Waals surface area contributed by atoms with Crippen molar-refractivity contribution >= 4 is 23.5 Å². The number of aromatic amines is 1. The number of imide groups is 1. The quantitative estimate of drug-likeness (QED) is 0.775. The highest BCUT2D eigenvalue weighted by Crippen LogP contribution is 2.37. The number of H-pyrrole nitrogens is 1. The van der Waals surface area contributed by atoms with Gasteiger partial charge in [0, 0.05) is 0 Å². The van der Waals surface area contributed by atoms with E-state index in [4.69, 9.17) is 0 Å². The third-order valence-corrected chi connectivity index (χ3v) is 4.21. The molecular formula is C13H17N5O3. The van der Waals surface area contributed by atoms with Gasteiger partial charge in [0.05, 0.1) is 11.8 Å². The van der Waals surface area contributed by atoms with Crippen molar-refractivity contribution in [3.63, 3.8) is 0 Å². The van der Waals surface area contributed by atoms with Crippen LogP contribution in [0.5, 0.6) is 0 Å². The second-order valence-corrected chi connectivity index (χ2v) is 5.57. The Morgan fingerprint density at radius 1 is 1.24 bits per heavy atom. The van der Waals surface area contributed by atoms with Gasteiger partial charge < -0.3 is 5.32 Å². The third-order valence-electron chi connectivity index (χ3n) is 4.21. The average Bonchev–Trinajstić information content (AvgIpc) is 2.97. The maximum absolute atomic E-state index is 12.2. The first-order valence-corrected chi connectivity index (χ1v) is 7.10. The number of hydrogen-bond donors (Lipinski definition) is 2. The topological polar surface area (TPSA) is 108 Å². The molecule has 2 N–H and O–H groups in total. The lowest BCUT2D eigenvalue weighted by Gasteiger charge is -2.19. The molecule has 0 bridgehead atoms. The number of likely N-dealkylation sites (tertiary alicyclic amines) is 1. The van der Waals surface area contributed by atoms with Crippen molar-refractivity contribution in [3.05, 3.63) is 5.69 Å². The van der Waals surface area contributed by atoms with Crippen molar-refractivity contribution in [1.29, 1.82) is 0 Å². The molecule has 2 heterocycles. The molecule has 8 nitrogen and oxygen atoms in total. The Morgan fingerprint density at radius 2 is 1.86 bits per heavy atom. The van der Waals surface area contributed by atoms with E-state index in [1.165, 1.54) is 0 Å². The van der Waals surface area contributed by atoms with E-state index in [0.29, 0.717) is 11.5 Å². The lowest BCUT2D eigenvalue weighted by Crippen LogP contribution is -2.38. The fourth-order valence-electron chi connectivity index (χ4n) is 3.10. The van der Waals surface area contributed by atoms with Crippen LogP contribution in [0, 0.1) is 18.8 Å². The predicted octanol–water partition coefficient (Wildman–Crippen LogP) is 0.227. The summed E-state index contributed by atoms with van der Waals surface area (Å²) in [6, 6.07) is 0. The fraction of sp³-hybridized carbons (Fsp3) is 0.615. The van der Waals surface area contributed by atoms with Crippen molar-refractivity contribution in [2.45, 2.75) is 32.6 Å². The molecule has 2 unspecified atom stereocenters.